The van der Waals surface area contributed by atoms with Gasteiger partial charge in [-0.2, -0.15) is 0 Å². The number of benzene rings is 2. The molecule has 0 atom stereocenters. The number of aromatic nitrogens is 1. The third kappa shape index (κ3) is 3.95. The molecule has 2 aliphatic rings. The van der Waals surface area contributed by atoms with Gasteiger partial charge in [0.1, 0.15) is 12.3 Å². The SMILES string of the molecule is CC(=O)c1cc2c(cc1NC(=O)COCc1cc(-c3ccc4c(c3)OCO4)on1)OCO2. The lowest BCUT2D eigenvalue weighted by Gasteiger charge is -2.10. The van der Waals surface area contributed by atoms with Crippen molar-refractivity contribution in [2.24, 2.45) is 0 Å². The van der Waals surface area contributed by atoms with Gasteiger partial charge in [0.15, 0.2) is 34.5 Å². The van der Waals surface area contributed by atoms with E-state index >= 15 is 0 Å². The third-order valence-corrected chi connectivity index (χ3v) is 4.87. The van der Waals surface area contributed by atoms with Gasteiger partial charge in [0.25, 0.3) is 0 Å². The van der Waals surface area contributed by atoms with E-state index in [0.717, 1.165) is 5.56 Å². The van der Waals surface area contributed by atoms with Crippen LogP contribution < -0.4 is 24.3 Å². The Hall–Kier alpha value is -4.05. The van der Waals surface area contributed by atoms with Crippen LogP contribution in [0.15, 0.2) is 40.9 Å². The number of fused-ring (bicyclic) bond motifs is 2. The first-order valence-corrected chi connectivity index (χ1v) is 9.74. The Morgan fingerprint density at radius 2 is 1.69 bits per heavy atom. The topological polar surface area (TPSA) is 118 Å². The van der Waals surface area contributed by atoms with Gasteiger partial charge in [-0.1, -0.05) is 5.16 Å². The minimum atomic E-state index is -0.425. The highest BCUT2D eigenvalue weighted by atomic mass is 16.7. The van der Waals surface area contributed by atoms with Crippen LogP contribution in [0, 0.1) is 0 Å². The molecule has 164 valence electrons. The number of hydrogen-bond acceptors (Lipinski definition) is 9. The van der Waals surface area contributed by atoms with Gasteiger partial charge >= 0.3 is 0 Å². The summed E-state index contributed by atoms with van der Waals surface area (Å²) in [6.07, 6.45) is 0. The van der Waals surface area contributed by atoms with Crippen LogP contribution in [0.3, 0.4) is 0 Å². The zero-order valence-electron chi connectivity index (χ0n) is 17.0. The van der Waals surface area contributed by atoms with Crippen molar-refractivity contribution < 1.29 is 37.8 Å². The molecule has 0 saturated heterocycles. The van der Waals surface area contributed by atoms with Crippen molar-refractivity contribution in [3.63, 3.8) is 0 Å². The summed E-state index contributed by atoms with van der Waals surface area (Å²) in [6, 6.07) is 10.3. The fraction of sp³-hybridized carbons (Fsp3) is 0.227. The Kier molecular flexibility index (Phi) is 5.12. The molecule has 0 radical (unpaired) electrons. The highest BCUT2D eigenvalue weighted by Crippen LogP contribution is 2.37. The van der Waals surface area contributed by atoms with Crippen LogP contribution >= 0.6 is 0 Å². The van der Waals surface area contributed by atoms with Crippen molar-refractivity contribution in [3.8, 4) is 34.3 Å². The molecule has 3 aromatic rings. The maximum absolute atomic E-state index is 12.3. The standard InChI is InChI=1S/C22H18N2O8/c1-12(25)15-6-20-21(31-11-30-20)7-16(15)23-22(26)9-27-8-14-5-18(32-24-14)13-2-3-17-19(4-13)29-10-28-17/h2-7H,8-11H2,1H3,(H,23,26). The van der Waals surface area contributed by atoms with Crippen LogP contribution in [-0.2, 0) is 16.1 Å². The molecule has 32 heavy (non-hydrogen) atoms. The second-order valence-electron chi connectivity index (χ2n) is 7.10. The lowest BCUT2D eigenvalue weighted by molar-refractivity contribution is -0.121. The molecule has 0 spiro atoms. The summed E-state index contributed by atoms with van der Waals surface area (Å²) in [5.41, 5.74) is 1.97. The Morgan fingerprint density at radius 3 is 2.47 bits per heavy atom. The molecule has 0 aliphatic carbocycles. The summed E-state index contributed by atoms with van der Waals surface area (Å²) in [7, 11) is 0. The average Bonchev–Trinajstić information content (AvgIpc) is 3.52. The lowest BCUT2D eigenvalue weighted by atomic mass is 10.1. The van der Waals surface area contributed by atoms with Gasteiger partial charge < -0.3 is 33.5 Å². The molecular weight excluding hydrogens is 420 g/mol. The minimum absolute atomic E-state index is 0.0686. The molecule has 2 aliphatic heterocycles. The van der Waals surface area contributed by atoms with E-state index in [9.17, 15) is 9.59 Å². The first kappa shape index (κ1) is 19.9. The zero-order chi connectivity index (χ0) is 22.1. The van der Waals surface area contributed by atoms with E-state index in [0.29, 0.717) is 45.7 Å². The Bertz CT molecular complexity index is 1200. The van der Waals surface area contributed by atoms with Gasteiger partial charge in [0.2, 0.25) is 19.5 Å². The second-order valence-corrected chi connectivity index (χ2v) is 7.10. The maximum Gasteiger partial charge on any atom is 0.250 e. The summed E-state index contributed by atoms with van der Waals surface area (Å²) in [6.45, 7) is 1.50. The first-order chi connectivity index (χ1) is 15.6. The Morgan fingerprint density at radius 1 is 0.969 bits per heavy atom. The second kappa shape index (κ2) is 8.23. The van der Waals surface area contributed by atoms with Crippen molar-refractivity contribution in [2.75, 3.05) is 25.5 Å². The molecular formula is C22H18N2O8. The highest BCUT2D eigenvalue weighted by molar-refractivity contribution is 6.04. The van der Waals surface area contributed by atoms with E-state index in [1.54, 1.807) is 30.3 Å². The van der Waals surface area contributed by atoms with Gasteiger partial charge in [0, 0.05) is 23.3 Å². The van der Waals surface area contributed by atoms with E-state index < -0.39 is 5.91 Å². The maximum atomic E-state index is 12.3. The molecule has 0 bridgehead atoms. The molecule has 1 N–H and O–H groups in total. The Balaban J connectivity index is 1.18. The number of anilines is 1. The third-order valence-electron chi connectivity index (χ3n) is 4.87. The molecule has 10 nitrogen and oxygen atoms in total. The van der Waals surface area contributed by atoms with E-state index in [-0.39, 0.29) is 32.6 Å². The van der Waals surface area contributed by atoms with E-state index in [2.05, 4.69) is 10.5 Å². The smallest absolute Gasteiger partial charge is 0.250 e. The summed E-state index contributed by atoms with van der Waals surface area (Å²) >= 11 is 0. The molecule has 3 heterocycles. The molecule has 0 unspecified atom stereocenters. The fourth-order valence-corrected chi connectivity index (χ4v) is 3.34. The van der Waals surface area contributed by atoms with Crippen LogP contribution in [0.25, 0.3) is 11.3 Å². The van der Waals surface area contributed by atoms with Crippen molar-refractivity contribution in [1.82, 2.24) is 5.16 Å². The van der Waals surface area contributed by atoms with E-state index in [4.69, 9.17) is 28.2 Å². The average molecular weight is 438 g/mol. The number of rotatable bonds is 7. The number of Topliss-reactive ketones (excluding diaryl/α,β-unsaturated/α-hetero) is 1. The number of carbonyl (C=O) groups excluding carboxylic acids is 2. The predicted molar refractivity (Wildman–Crippen MR) is 109 cm³/mol. The summed E-state index contributed by atoms with van der Waals surface area (Å²) in [5.74, 6) is 2.15. The van der Waals surface area contributed by atoms with Gasteiger partial charge in [-0.25, -0.2) is 0 Å². The number of nitrogens with zero attached hydrogens (tertiary/aromatic N) is 1. The largest absolute Gasteiger partial charge is 0.454 e. The molecule has 10 heteroatoms. The lowest BCUT2D eigenvalue weighted by Crippen LogP contribution is -2.19. The molecule has 2 aromatic carbocycles. The number of amides is 1. The predicted octanol–water partition coefficient (Wildman–Crippen LogP) is 3.16. The van der Waals surface area contributed by atoms with Crippen molar-refractivity contribution >= 4 is 17.4 Å². The zero-order valence-corrected chi connectivity index (χ0v) is 17.0. The molecule has 0 saturated carbocycles. The van der Waals surface area contributed by atoms with Gasteiger partial charge in [-0.05, 0) is 31.2 Å². The summed E-state index contributed by atoms with van der Waals surface area (Å²) < 4.78 is 32.1. The van der Waals surface area contributed by atoms with Crippen molar-refractivity contribution in [1.29, 1.82) is 0 Å². The fourth-order valence-electron chi connectivity index (χ4n) is 3.34. The molecule has 1 aromatic heterocycles. The van der Waals surface area contributed by atoms with Crippen LogP contribution in [0.1, 0.15) is 23.0 Å². The van der Waals surface area contributed by atoms with Crippen LogP contribution in [-0.4, -0.2) is 37.0 Å². The van der Waals surface area contributed by atoms with E-state index in [1.807, 2.05) is 6.07 Å². The van der Waals surface area contributed by atoms with Gasteiger partial charge in [-0.3, -0.25) is 9.59 Å². The molecule has 5 rings (SSSR count). The number of hydrogen-bond donors (Lipinski definition) is 1. The van der Waals surface area contributed by atoms with Crippen LogP contribution in [0.4, 0.5) is 5.69 Å². The molecule has 1 amide bonds. The Labute approximate surface area is 181 Å². The first-order valence-electron chi connectivity index (χ1n) is 9.74. The summed E-state index contributed by atoms with van der Waals surface area (Å²) in [4.78, 5) is 24.2. The number of ketones is 1. The quantitative estimate of drug-likeness (QED) is 0.555. The summed E-state index contributed by atoms with van der Waals surface area (Å²) in [5, 5.41) is 6.64. The van der Waals surface area contributed by atoms with Gasteiger partial charge in [-0.15, -0.1) is 0 Å². The number of nitrogens with one attached hydrogen (secondary N) is 1. The number of ether oxygens (including phenoxy) is 5. The van der Waals surface area contributed by atoms with Crippen molar-refractivity contribution in [2.45, 2.75) is 13.5 Å². The van der Waals surface area contributed by atoms with E-state index in [1.165, 1.54) is 6.92 Å². The van der Waals surface area contributed by atoms with Crippen LogP contribution in [0.2, 0.25) is 0 Å². The monoisotopic (exact) mass is 438 g/mol. The highest BCUT2D eigenvalue weighted by Gasteiger charge is 2.21. The van der Waals surface area contributed by atoms with Crippen molar-refractivity contribution in [3.05, 3.63) is 47.7 Å². The normalized spacial score (nSPS) is 13.3. The number of carbonyl (C=O) groups is 2. The van der Waals surface area contributed by atoms with Crippen LogP contribution in [0.5, 0.6) is 23.0 Å². The van der Waals surface area contributed by atoms with Gasteiger partial charge in [0.05, 0.1) is 12.3 Å². The minimum Gasteiger partial charge on any atom is -0.454 e. The molecule has 0 fully saturated rings.